The maximum Gasteiger partial charge on any atom is 0.270 e. The molecule has 4 aromatic carbocycles. The SMILES string of the molecule is Cc1cccc(NC(=O)C(Sc2ccc(NC(=O)c3cccc([N+](=O)[O-])c3)cc2)c2ccccc2)c1C. The number of thioether (sulfide) groups is 1. The van der Waals surface area contributed by atoms with Gasteiger partial charge in [0.15, 0.2) is 0 Å². The van der Waals surface area contributed by atoms with E-state index in [0.717, 1.165) is 27.3 Å². The first kappa shape index (κ1) is 25.7. The molecule has 0 spiro atoms. The van der Waals surface area contributed by atoms with Gasteiger partial charge in [-0.2, -0.15) is 0 Å². The number of non-ortho nitro benzene ring substituents is 1. The van der Waals surface area contributed by atoms with E-state index in [4.69, 9.17) is 0 Å². The zero-order chi connectivity index (χ0) is 26.4. The summed E-state index contributed by atoms with van der Waals surface area (Å²) in [6.07, 6.45) is 0. The number of hydrogen-bond donors (Lipinski definition) is 2. The molecule has 0 aliphatic rings. The van der Waals surface area contributed by atoms with Crippen molar-refractivity contribution in [3.8, 4) is 0 Å². The summed E-state index contributed by atoms with van der Waals surface area (Å²) < 4.78 is 0. The fraction of sp³-hybridized carbons (Fsp3) is 0.103. The Morgan fingerprint density at radius 2 is 1.54 bits per heavy atom. The van der Waals surface area contributed by atoms with Crippen molar-refractivity contribution in [2.75, 3.05) is 10.6 Å². The number of carbonyl (C=O) groups excluding carboxylic acids is 2. The second-order valence-corrected chi connectivity index (χ2v) is 9.61. The first-order valence-electron chi connectivity index (χ1n) is 11.6. The van der Waals surface area contributed by atoms with E-state index in [1.807, 2.05) is 74.5 Å². The molecule has 0 heterocycles. The highest BCUT2D eigenvalue weighted by Crippen LogP contribution is 2.37. The zero-order valence-electron chi connectivity index (χ0n) is 20.3. The number of hydrogen-bond acceptors (Lipinski definition) is 5. The Bertz CT molecular complexity index is 1440. The number of nitro benzene ring substituents is 1. The largest absolute Gasteiger partial charge is 0.325 e. The summed E-state index contributed by atoms with van der Waals surface area (Å²) in [7, 11) is 0. The molecular formula is C29H25N3O4S. The molecule has 1 unspecified atom stereocenters. The van der Waals surface area contributed by atoms with E-state index in [1.54, 1.807) is 12.1 Å². The number of amides is 2. The molecule has 2 N–H and O–H groups in total. The van der Waals surface area contributed by atoms with Crippen LogP contribution in [0.1, 0.15) is 32.3 Å². The molecular weight excluding hydrogens is 486 g/mol. The standard InChI is InChI=1S/C29H25N3O4S/c1-19-8-6-13-26(20(19)2)31-29(34)27(21-9-4-3-5-10-21)37-25-16-14-23(15-17-25)30-28(33)22-11-7-12-24(18-22)32(35)36/h3-18,27H,1-2H3,(H,30,33)(H,31,34). The Hall–Kier alpha value is -4.43. The lowest BCUT2D eigenvalue weighted by atomic mass is 10.1. The minimum atomic E-state index is -0.539. The summed E-state index contributed by atoms with van der Waals surface area (Å²) in [5.74, 6) is -0.577. The van der Waals surface area contributed by atoms with E-state index in [9.17, 15) is 19.7 Å². The number of nitrogens with zero attached hydrogens (tertiary/aromatic N) is 1. The first-order valence-corrected chi connectivity index (χ1v) is 12.4. The van der Waals surface area contributed by atoms with Gasteiger partial charge >= 0.3 is 0 Å². The summed E-state index contributed by atoms with van der Waals surface area (Å²) in [5, 5.41) is 16.3. The lowest BCUT2D eigenvalue weighted by Crippen LogP contribution is -2.19. The Labute approximate surface area is 219 Å². The van der Waals surface area contributed by atoms with Gasteiger partial charge in [0.25, 0.3) is 11.6 Å². The van der Waals surface area contributed by atoms with Gasteiger partial charge < -0.3 is 10.6 Å². The van der Waals surface area contributed by atoms with Gasteiger partial charge in [-0.25, -0.2) is 0 Å². The highest BCUT2D eigenvalue weighted by Gasteiger charge is 2.23. The molecule has 2 amide bonds. The van der Waals surface area contributed by atoms with E-state index in [2.05, 4.69) is 10.6 Å². The van der Waals surface area contributed by atoms with Crippen LogP contribution < -0.4 is 10.6 Å². The summed E-state index contributed by atoms with van der Waals surface area (Å²) >= 11 is 1.41. The Morgan fingerprint density at radius 1 is 0.838 bits per heavy atom. The highest BCUT2D eigenvalue weighted by molar-refractivity contribution is 8.00. The van der Waals surface area contributed by atoms with E-state index >= 15 is 0 Å². The molecule has 0 fully saturated rings. The van der Waals surface area contributed by atoms with Gasteiger partial charge in [0.2, 0.25) is 5.91 Å². The molecule has 0 saturated carbocycles. The lowest BCUT2D eigenvalue weighted by Gasteiger charge is -2.19. The third kappa shape index (κ3) is 6.42. The molecule has 186 valence electrons. The van der Waals surface area contributed by atoms with Crippen molar-refractivity contribution in [1.82, 2.24) is 0 Å². The van der Waals surface area contributed by atoms with Gasteiger partial charge in [-0.3, -0.25) is 19.7 Å². The predicted octanol–water partition coefficient (Wildman–Crippen LogP) is 6.94. The first-order chi connectivity index (χ1) is 17.8. The van der Waals surface area contributed by atoms with Crippen molar-refractivity contribution in [3.05, 3.63) is 129 Å². The second kappa shape index (κ2) is 11.5. The van der Waals surface area contributed by atoms with E-state index in [-0.39, 0.29) is 17.2 Å². The predicted molar refractivity (Wildman–Crippen MR) is 147 cm³/mol. The van der Waals surface area contributed by atoms with Crippen molar-refractivity contribution in [3.63, 3.8) is 0 Å². The van der Waals surface area contributed by atoms with Gasteiger partial charge in [-0.15, -0.1) is 11.8 Å². The molecule has 37 heavy (non-hydrogen) atoms. The molecule has 1 atom stereocenters. The average molecular weight is 512 g/mol. The molecule has 0 aliphatic carbocycles. The minimum Gasteiger partial charge on any atom is -0.325 e. The Balaban J connectivity index is 1.50. The monoisotopic (exact) mass is 511 g/mol. The molecule has 0 aliphatic heterocycles. The molecule has 8 heteroatoms. The van der Waals surface area contributed by atoms with Crippen molar-refractivity contribution in [2.45, 2.75) is 24.0 Å². The van der Waals surface area contributed by atoms with Crippen LogP contribution in [-0.2, 0) is 4.79 Å². The van der Waals surface area contributed by atoms with E-state index in [1.165, 1.54) is 36.0 Å². The normalized spacial score (nSPS) is 11.4. The van der Waals surface area contributed by atoms with Crippen molar-refractivity contribution < 1.29 is 14.5 Å². The molecule has 0 bridgehead atoms. The lowest BCUT2D eigenvalue weighted by molar-refractivity contribution is -0.384. The number of nitro groups is 1. The van der Waals surface area contributed by atoms with Crippen LogP contribution in [0.2, 0.25) is 0 Å². The molecule has 4 rings (SSSR count). The second-order valence-electron chi connectivity index (χ2n) is 8.43. The van der Waals surface area contributed by atoms with Gasteiger partial charge in [-0.05, 0) is 66.9 Å². The van der Waals surface area contributed by atoms with Gasteiger partial charge in [0, 0.05) is 34.0 Å². The number of rotatable bonds is 8. The fourth-order valence-corrected chi connectivity index (χ4v) is 4.73. The van der Waals surface area contributed by atoms with Crippen molar-refractivity contribution in [1.29, 1.82) is 0 Å². The third-order valence-electron chi connectivity index (χ3n) is 5.89. The summed E-state index contributed by atoms with van der Waals surface area (Å²) in [6, 6.07) is 28.1. The summed E-state index contributed by atoms with van der Waals surface area (Å²) in [4.78, 5) is 37.2. The number of benzene rings is 4. The summed E-state index contributed by atoms with van der Waals surface area (Å²) in [6.45, 7) is 3.99. The quantitative estimate of drug-likeness (QED) is 0.152. The number of carbonyl (C=O) groups is 2. The Morgan fingerprint density at radius 3 is 2.24 bits per heavy atom. The molecule has 0 saturated heterocycles. The van der Waals surface area contributed by atoms with Gasteiger partial charge in [0.05, 0.1) is 4.92 Å². The average Bonchev–Trinajstić information content (AvgIpc) is 2.91. The van der Waals surface area contributed by atoms with E-state index < -0.39 is 16.1 Å². The van der Waals surface area contributed by atoms with Crippen LogP contribution in [-0.4, -0.2) is 16.7 Å². The maximum atomic E-state index is 13.4. The molecule has 0 aromatic heterocycles. The number of anilines is 2. The van der Waals surface area contributed by atoms with Crippen LogP contribution in [0.25, 0.3) is 0 Å². The molecule has 7 nitrogen and oxygen atoms in total. The van der Waals surface area contributed by atoms with Crippen LogP contribution in [0.5, 0.6) is 0 Å². The van der Waals surface area contributed by atoms with Gasteiger partial charge in [-0.1, -0.05) is 48.5 Å². The molecule has 4 aromatic rings. The number of nitrogens with one attached hydrogen (secondary N) is 2. The minimum absolute atomic E-state index is 0.132. The third-order valence-corrected chi connectivity index (χ3v) is 7.15. The Kier molecular flexibility index (Phi) is 8.00. The smallest absolute Gasteiger partial charge is 0.270 e. The maximum absolute atomic E-state index is 13.4. The van der Waals surface area contributed by atoms with E-state index in [0.29, 0.717) is 5.69 Å². The van der Waals surface area contributed by atoms with Crippen molar-refractivity contribution >= 4 is 40.6 Å². The highest BCUT2D eigenvalue weighted by atomic mass is 32.2. The van der Waals surface area contributed by atoms with Crippen LogP contribution in [0.3, 0.4) is 0 Å². The van der Waals surface area contributed by atoms with Crippen LogP contribution >= 0.6 is 11.8 Å². The topological polar surface area (TPSA) is 101 Å². The van der Waals surface area contributed by atoms with Crippen molar-refractivity contribution in [2.24, 2.45) is 0 Å². The van der Waals surface area contributed by atoms with Gasteiger partial charge in [0.1, 0.15) is 5.25 Å². The van der Waals surface area contributed by atoms with Crippen LogP contribution in [0, 0.1) is 24.0 Å². The number of aryl methyl sites for hydroxylation is 1. The van der Waals surface area contributed by atoms with Crippen LogP contribution in [0.4, 0.5) is 17.1 Å². The zero-order valence-corrected chi connectivity index (χ0v) is 21.1. The van der Waals surface area contributed by atoms with Crippen LogP contribution in [0.15, 0.2) is 102 Å². The fourth-order valence-electron chi connectivity index (χ4n) is 3.70. The molecule has 0 radical (unpaired) electrons. The summed E-state index contributed by atoms with van der Waals surface area (Å²) in [5.41, 5.74) is 4.37.